The number of rotatable bonds is 3. The zero-order chi connectivity index (χ0) is 10.7. The molecule has 0 spiro atoms. The van der Waals surface area contributed by atoms with Gasteiger partial charge in [0.1, 0.15) is 5.82 Å². The van der Waals surface area contributed by atoms with E-state index in [0.717, 1.165) is 23.7 Å². The third kappa shape index (κ3) is 2.88. The largest absolute Gasteiger partial charge is 0.384 e. The van der Waals surface area contributed by atoms with Crippen molar-refractivity contribution in [3.8, 4) is 0 Å². The minimum Gasteiger partial charge on any atom is -0.384 e. The predicted molar refractivity (Wildman–Crippen MR) is 65.1 cm³/mol. The minimum atomic E-state index is -0.163. The van der Waals surface area contributed by atoms with Gasteiger partial charge < -0.3 is 5.32 Å². The van der Waals surface area contributed by atoms with Crippen molar-refractivity contribution in [1.29, 1.82) is 0 Å². The lowest BCUT2D eigenvalue weighted by Gasteiger charge is -2.13. The summed E-state index contributed by atoms with van der Waals surface area (Å²) < 4.78 is 13.0. The lowest BCUT2D eigenvalue weighted by molar-refractivity contribution is 0.621. The highest BCUT2D eigenvalue weighted by atomic mass is 32.2. The molecule has 0 aliphatic carbocycles. The van der Waals surface area contributed by atoms with Crippen LogP contribution in [0.4, 0.5) is 10.1 Å². The summed E-state index contributed by atoms with van der Waals surface area (Å²) >= 11 is 2.01. The molecule has 2 rings (SSSR count). The summed E-state index contributed by atoms with van der Waals surface area (Å²) in [4.78, 5) is 0. The molecule has 3 heteroatoms. The van der Waals surface area contributed by atoms with E-state index in [1.54, 1.807) is 6.07 Å². The van der Waals surface area contributed by atoms with Crippen LogP contribution in [0, 0.1) is 18.7 Å². The molecule has 0 saturated carbocycles. The third-order valence-electron chi connectivity index (χ3n) is 2.80. The molecule has 1 nitrogen and oxygen atoms in total. The molecule has 1 aliphatic heterocycles. The second kappa shape index (κ2) is 4.88. The van der Waals surface area contributed by atoms with Crippen molar-refractivity contribution in [2.24, 2.45) is 5.92 Å². The van der Waals surface area contributed by atoms with Crippen LogP contribution in [0.1, 0.15) is 12.0 Å². The van der Waals surface area contributed by atoms with E-state index in [4.69, 9.17) is 0 Å². The smallest absolute Gasteiger partial charge is 0.125 e. The molecule has 1 aromatic rings. The average Bonchev–Trinajstić information content (AvgIpc) is 2.72. The van der Waals surface area contributed by atoms with Crippen LogP contribution in [-0.4, -0.2) is 18.1 Å². The molecule has 0 aromatic heterocycles. The maximum Gasteiger partial charge on any atom is 0.125 e. The molecular weight excluding hydrogens is 209 g/mol. The number of hydrogen-bond donors (Lipinski definition) is 1. The van der Waals surface area contributed by atoms with Crippen molar-refractivity contribution in [2.75, 3.05) is 23.4 Å². The number of benzene rings is 1. The fourth-order valence-electron chi connectivity index (χ4n) is 1.78. The maximum absolute atomic E-state index is 13.0. The molecular formula is C12H16FNS. The highest BCUT2D eigenvalue weighted by Crippen LogP contribution is 2.24. The van der Waals surface area contributed by atoms with E-state index in [2.05, 4.69) is 5.32 Å². The van der Waals surface area contributed by atoms with E-state index in [9.17, 15) is 4.39 Å². The van der Waals surface area contributed by atoms with Crippen molar-refractivity contribution in [3.05, 3.63) is 29.6 Å². The van der Waals surface area contributed by atoms with Gasteiger partial charge in [-0.3, -0.25) is 0 Å². The van der Waals surface area contributed by atoms with Crippen molar-refractivity contribution in [1.82, 2.24) is 0 Å². The van der Waals surface area contributed by atoms with Gasteiger partial charge in [-0.1, -0.05) is 6.07 Å². The Morgan fingerprint density at radius 2 is 2.40 bits per heavy atom. The topological polar surface area (TPSA) is 12.0 Å². The normalized spacial score (nSPS) is 20.5. The molecule has 0 bridgehead atoms. The maximum atomic E-state index is 13.0. The summed E-state index contributed by atoms with van der Waals surface area (Å²) in [6, 6.07) is 4.91. The van der Waals surface area contributed by atoms with E-state index < -0.39 is 0 Å². The summed E-state index contributed by atoms with van der Waals surface area (Å²) in [5.41, 5.74) is 2.05. The molecule has 15 heavy (non-hydrogen) atoms. The second-order valence-electron chi connectivity index (χ2n) is 4.07. The summed E-state index contributed by atoms with van der Waals surface area (Å²) in [5, 5.41) is 3.34. The Morgan fingerprint density at radius 1 is 1.53 bits per heavy atom. The SMILES string of the molecule is Cc1ccc(F)cc1NCC1CCSC1. The fraction of sp³-hybridized carbons (Fsp3) is 0.500. The van der Waals surface area contributed by atoms with Gasteiger partial charge in [-0.05, 0) is 48.5 Å². The van der Waals surface area contributed by atoms with Crippen LogP contribution in [0.15, 0.2) is 18.2 Å². The molecule has 1 aromatic carbocycles. The molecule has 1 N–H and O–H groups in total. The first kappa shape index (κ1) is 10.8. The Hall–Kier alpha value is -0.700. The van der Waals surface area contributed by atoms with Crippen LogP contribution in [0.2, 0.25) is 0 Å². The second-order valence-corrected chi connectivity index (χ2v) is 5.22. The molecule has 1 fully saturated rings. The van der Waals surface area contributed by atoms with Crippen molar-refractivity contribution in [2.45, 2.75) is 13.3 Å². The first-order chi connectivity index (χ1) is 7.25. The number of hydrogen-bond acceptors (Lipinski definition) is 2. The van der Waals surface area contributed by atoms with Gasteiger partial charge >= 0.3 is 0 Å². The van der Waals surface area contributed by atoms with E-state index >= 15 is 0 Å². The van der Waals surface area contributed by atoms with Crippen LogP contribution < -0.4 is 5.32 Å². The van der Waals surface area contributed by atoms with Crippen molar-refractivity contribution >= 4 is 17.4 Å². The Bertz CT molecular complexity index is 334. The van der Waals surface area contributed by atoms with Gasteiger partial charge in [0, 0.05) is 12.2 Å². The monoisotopic (exact) mass is 225 g/mol. The Balaban J connectivity index is 1.94. The van der Waals surface area contributed by atoms with E-state index in [-0.39, 0.29) is 5.82 Å². The predicted octanol–water partition coefficient (Wildman–Crippen LogP) is 3.30. The van der Waals surface area contributed by atoms with E-state index in [1.165, 1.54) is 24.0 Å². The summed E-state index contributed by atoms with van der Waals surface area (Å²) in [7, 11) is 0. The zero-order valence-electron chi connectivity index (χ0n) is 8.92. The number of nitrogens with one attached hydrogen (secondary N) is 1. The first-order valence-electron chi connectivity index (χ1n) is 5.33. The van der Waals surface area contributed by atoms with E-state index in [1.807, 2.05) is 24.8 Å². The van der Waals surface area contributed by atoms with Gasteiger partial charge in [0.2, 0.25) is 0 Å². The average molecular weight is 225 g/mol. The van der Waals surface area contributed by atoms with Crippen LogP contribution in [0.3, 0.4) is 0 Å². The van der Waals surface area contributed by atoms with Gasteiger partial charge in [-0.25, -0.2) is 4.39 Å². The van der Waals surface area contributed by atoms with Crippen molar-refractivity contribution in [3.63, 3.8) is 0 Å². The van der Waals surface area contributed by atoms with Gasteiger partial charge in [-0.15, -0.1) is 0 Å². The van der Waals surface area contributed by atoms with E-state index in [0.29, 0.717) is 0 Å². The standard InChI is InChI=1S/C12H16FNS/c1-9-2-3-11(13)6-12(9)14-7-10-4-5-15-8-10/h2-3,6,10,14H,4-5,7-8H2,1H3. The molecule has 1 aliphatic rings. The molecule has 0 radical (unpaired) electrons. The molecule has 82 valence electrons. The molecule has 1 heterocycles. The minimum absolute atomic E-state index is 0.163. The summed E-state index contributed by atoms with van der Waals surface area (Å²) in [6.45, 7) is 2.97. The highest BCUT2D eigenvalue weighted by Gasteiger charge is 2.15. The Morgan fingerprint density at radius 3 is 3.13 bits per heavy atom. The quantitative estimate of drug-likeness (QED) is 0.847. The lowest BCUT2D eigenvalue weighted by atomic mass is 10.1. The molecule has 0 amide bonds. The van der Waals surface area contributed by atoms with Crippen LogP contribution in [0.5, 0.6) is 0 Å². The Labute approximate surface area is 94.5 Å². The van der Waals surface area contributed by atoms with Gasteiger partial charge in [0.05, 0.1) is 0 Å². The van der Waals surface area contributed by atoms with Crippen LogP contribution in [-0.2, 0) is 0 Å². The van der Waals surface area contributed by atoms with Gasteiger partial charge in [0.15, 0.2) is 0 Å². The number of anilines is 1. The van der Waals surface area contributed by atoms with Crippen LogP contribution in [0.25, 0.3) is 0 Å². The van der Waals surface area contributed by atoms with Gasteiger partial charge in [0.25, 0.3) is 0 Å². The Kier molecular flexibility index (Phi) is 3.52. The van der Waals surface area contributed by atoms with Crippen molar-refractivity contribution < 1.29 is 4.39 Å². The number of thioether (sulfide) groups is 1. The highest BCUT2D eigenvalue weighted by molar-refractivity contribution is 7.99. The summed E-state index contributed by atoms with van der Waals surface area (Å²) in [6.07, 6.45) is 1.28. The molecule has 1 unspecified atom stereocenters. The molecule has 1 saturated heterocycles. The zero-order valence-corrected chi connectivity index (χ0v) is 9.74. The number of aryl methyl sites for hydroxylation is 1. The fourth-order valence-corrected chi connectivity index (χ4v) is 3.07. The lowest BCUT2D eigenvalue weighted by Crippen LogP contribution is -2.14. The first-order valence-corrected chi connectivity index (χ1v) is 6.49. The number of halogens is 1. The van der Waals surface area contributed by atoms with Crippen LogP contribution >= 0.6 is 11.8 Å². The summed E-state index contributed by atoms with van der Waals surface area (Å²) in [5.74, 6) is 3.09. The van der Waals surface area contributed by atoms with Gasteiger partial charge in [-0.2, -0.15) is 11.8 Å². The molecule has 1 atom stereocenters. The third-order valence-corrected chi connectivity index (χ3v) is 4.04.